The third-order valence-corrected chi connectivity index (χ3v) is 4.89. The van der Waals surface area contributed by atoms with E-state index in [0.29, 0.717) is 6.42 Å². The largest absolute Gasteiger partial charge is 0.327 e. The molecule has 2 N–H and O–H groups in total. The van der Waals surface area contributed by atoms with E-state index in [-0.39, 0.29) is 6.04 Å². The number of aromatic nitrogens is 2. The fourth-order valence-electron chi connectivity index (χ4n) is 1.97. The summed E-state index contributed by atoms with van der Waals surface area (Å²) in [4.78, 5) is 1.13. The number of aryl methyl sites for hydroxylation is 2. The molecule has 1 atom stereocenters. The van der Waals surface area contributed by atoms with Gasteiger partial charge < -0.3 is 5.73 Å². The quantitative estimate of drug-likeness (QED) is 0.850. The number of halogens is 2. The zero-order valence-electron chi connectivity index (χ0n) is 11.4. The Hall–Kier alpha value is -0.680. The molecule has 1 heterocycles. The molecule has 0 saturated carbocycles. The molecule has 3 nitrogen and oxygen atoms in total. The van der Waals surface area contributed by atoms with E-state index in [1.807, 2.05) is 42.9 Å². The lowest BCUT2D eigenvalue weighted by Crippen LogP contribution is -2.26. The smallest absolute Gasteiger partial charge is 0.0847 e. The summed E-state index contributed by atoms with van der Waals surface area (Å²) in [7, 11) is 1.89. The van der Waals surface area contributed by atoms with E-state index in [4.69, 9.17) is 28.9 Å². The van der Waals surface area contributed by atoms with Crippen molar-refractivity contribution in [2.75, 3.05) is 5.75 Å². The average molecular weight is 330 g/mol. The van der Waals surface area contributed by atoms with Crippen molar-refractivity contribution in [3.63, 3.8) is 0 Å². The lowest BCUT2D eigenvalue weighted by Gasteiger charge is -2.12. The van der Waals surface area contributed by atoms with Gasteiger partial charge in [-0.1, -0.05) is 29.3 Å². The molecule has 0 aliphatic rings. The van der Waals surface area contributed by atoms with E-state index >= 15 is 0 Å². The van der Waals surface area contributed by atoms with Crippen LogP contribution >= 0.6 is 35.0 Å². The highest BCUT2D eigenvalue weighted by atomic mass is 35.5. The van der Waals surface area contributed by atoms with E-state index in [1.165, 1.54) is 0 Å². The molecule has 2 aromatic rings. The van der Waals surface area contributed by atoms with Crippen molar-refractivity contribution < 1.29 is 0 Å². The van der Waals surface area contributed by atoms with E-state index in [1.54, 1.807) is 11.8 Å². The summed E-state index contributed by atoms with van der Waals surface area (Å²) in [6.07, 6.45) is 0.712. The first kappa shape index (κ1) is 15.7. The minimum absolute atomic E-state index is 0.0197. The number of thioether (sulfide) groups is 1. The highest BCUT2D eigenvalue weighted by Gasteiger charge is 2.14. The van der Waals surface area contributed by atoms with Crippen LogP contribution in [0.3, 0.4) is 0 Å². The van der Waals surface area contributed by atoms with Gasteiger partial charge in [0.25, 0.3) is 0 Å². The van der Waals surface area contributed by atoms with Crippen molar-refractivity contribution >= 4 is 35.0 Å². The predicted octanol–water partition coefficient (Wildman–Crippen LogP) is 3.70. The molecule has 0 aliphatic carbocycles. The van der Waals surface area contributed by atoms with Gasteiger partial charge in [0.2, 0.25) is 0 Å². The third-order valence-electron chi connectivity index (χ3n) is 2.98. The highest BCUT2D eigenvalue weighted by Crippen LogP contribution is 2.24. The van der Waals surface area contributed by atoms with Gasteiger partial charge in [0.15, 0.2) is 0 Å². The molecular formula is C14H17Cl2N3S. The summed E-state index contributed by atoms with van der Waals surface area (Å²) < 4.78 is 1.81. The zero-order chi connectivity index (χ0) is 14.7. The number of nitrogens with zero attached hydrogens (tertiary/aromatic N) is 2. The first-order valence-electron chi connectivity index (χ1n) is 6.29. The van der Waals surface area contributed by atoms with Crippen molar-refractivity contribution in [3.8, 4) is 0 Å². The molecule has 0 fully saturated rings. The lowest BCUT2D eigenvalue weighted by molar-refractivity contribution is 0.653. The lowest BCUT2D eigenvalue weighted by atomic mass is 10.2. The standard InChI is InChI=1S/C14H17Cl2N3S/c1-9-14(16)13(19(2)18-9)7-11(17)8-20-12-5-3-4-10(15)6-12/h3-6,11H,7-8,17H2,1-2H3. The van der Waals surface area contributed by atoms with Crippen LogP contribution in [-0.4, -0.2) is 21.6 Å². The fourth-order valence-corrected chi connectivity index (χ4v) is 3.37. The van der Waals surface area contributed by atoms with Gasteiger partial charge >= 0.3 is 0 Å². The van der Waals surface area contributed by atoms with Gasteiger partial charge in [0, 0.05) is 35.2 Å². The topological polar surface area (TPSA) is 43.8 Å². The van der Waals surface area contributed by atoms with Gasteiger partial charge in [-0.25, -0.2) is 0 Å². The molecule has 0 amide bonds. The summed E-state index contributed by atoms with van der Waals surface area (Å²) in [5, 5.41) is 5.76. The summed E-state index contributed by atoms with van der Waals surface area (Å²) in [5.41, 5.74) is 8.02. The summed E-state index contributed by atoms with van der Waals surface area (Å²) >= 11 is 13.9. The van der Waals surface area contributed by atoms with Crippen LogP contribution in [0.25, 0.3) is 0 Å². The molecule has 0 spiro atoms. The van der Waals surface area contributed by atoms with E-state index in [9.17, 15) is 0 Å². The molecule has 1 aromatic heterocycles. The fraction of sp³-hybridized carbons (Fsp3) is 0.357. The van der Waals surface area contributed by atoms with Gasteiger partial charge in [-0.05, 0) is 25.1 Å². The molecule has 6 heteroatoms. The zero-order valence-corrected chi connectivity index (χ0v) is 13.8. The van der Waals surface area contributed by atoms with Crippen molar-refractivity contribution in [2.45, 2.75) is 24.3 Å². The van der Waals surface area contributed by atoms with Crippen LogP contribution in [0.1, 0.15) is 11.4 Å². The molecule has 108 valence electrons. The number of hydrogen-bond acceptors (Lipinski definition) is 3. The van der Waals surface area contributed by atoms with Crippen LogP contribution in [0.15, 0.2) is 29.2 Å². The molecule has 20 heavy (non-hydrogen) atoms. The Kier molecular flexibility index (Phi) is 5.38. The molecule has 0 saturated heterocycles. The van der Waals surface area contributed by atoms with Gasteiger partial charge in [-0.3, -0.25) is 4.68 Å². The van der Waals surface area contributed by atoms with Crippen LogP contribution in [0.2, 0.25) is 10.0 Å². The second-order valence-electron chi connectivity index (χ2n) is 4.70. The summed E-state index contributed by atoms with van der Waals surface area (Å²) in [6.45, 7) is 1.90. The Morgan fingerprint density at radius 1 is 1.40 bits per heavy atom. The molecular weight excluding hydrogens is 313 g/mol. The average Bonchev–Trinajstić information content (AvgIpc) is 2.63. The Balaban J connectivity index is 1.94. The summed E-state index contributed by atoms with van der Waals surface area (Å²) in [5.74, 6) is 0.806. The number of benzene rings is 1. The molecule has 1 unspecified atom stereocenters. The number of nitrogens with two attached hydrogens (primary N) is 1. The Labute approximate surface area is 133 Å². The third kappa shape index (κ3) is 3.92. The second-order valence-corrected chi connectivity index (χ2v) is 6.61. The normalized spacial score (nSPS) is 12.7. The van der Waals surface area contributed by atoms with Crippen molar-refractivity contribution in [1.82, 2.24) is 9.78 Å². The SMILES string of the molecule is Cc1nn(C)c(CC(N)CSc2cccc(Cl)c2)c1Cl. The molecule has 2 rings (SSSR count). The Morgan fingerprint density at radius 2 is 2.15 bits per heavy atom. The minimum atomic E-state index is 0.0197. The van der Waals surface area contributed by atoms with Crippen LogP contribution in [0.5, 0.6) is 0 Å². The number of hydrogen-bond donors (Lipinski definition) is 1. The Morgan fingerprint density at radius 3 is 2.75 bits per heavy atom. The van der Waals surface area contributed by atoms with Gasteiger partial charge in [-0.2, -0.15) is 5.10 Å². The van der Waals surface area contributed by atoms with Crippen LogP contribution < -0.4 is 5.73 Å². The first-order valence-corrected chi connectivity index (χ1v) is 8.03. The molecule has 0 radical (unpaired) electrons. The summed E-state index contributed by atoms with van der Waals surface area (Å²) in [6, 6.07) is 7.80. The maximum atomic E-state index is 6.23. The minimum Gasteiger partial charge on any atom is -0.327 e. The maximum absolute atomic E-state index is 6.23. The van der Waals surface area contributed by atoms with Crippen LogP contribution in [-0.2, 0) is 13.5 Å². The van der Waals surface area contributed by atoms with Gasteiger partial charge in [0.1, 0.15) is 0 Å². The van der Waals surface area contributed by atoms with Crippen molar-refractivity contribution in [1.29, 1.82) is 0 Å². The monoisotopic (exact) mass is 329 g/mol. The van der Waals surface area contributed by atoms with E-state index in [2.05, 4.69) is 5.10 Å². The van der Waals surface area contributed by atoms with E-state index in [0.717, 1.165) is 32.1 Å². The van der Waals surface area contributed by atoms with Gasteiger partial charge in [-0.15, -0.1) is 11.8 Å². The predicted molar refractivity (Wildman–Crippen MR) is 86.8 cm³/mol. The molecule has 0 aliphatic heterocycles. The number of rotatable bonds is 5. The van der Waals surface area contributed by atoms with Crippen LogP contribution in [0, 0.1) is 6.92 Å². The van der Waals surface area contributed by atoms with Gasteiger partial charge in [0.05, 0.1) is 16.4 Å². The van der Waals surface area contributed by atoms with Crippen LogP contribution in [0.4, 0.5) is 0 Å². The molecule has 1 aromatic carbocycles. The highest BCUT2D eigenvalue weighted by molar-refractivity contribution is 7.99. The van der Waals surface area contributed by atoms with E-state index < -0.39 is 0 Å². The van der Waals surface area contributed by atoms with Crippen molar-refractivity contribution in [3.05, 3.63) is 45.7 Å². The van der Waals surface area contributed by atoms with Crippen molar-refractivity contribution in [2.24, 2.45) is 12.8 Å². The molecule has 0 bridgehead atoms. The second kappa shape index (κ2) is 6.85. The first-order chi connectivity index (χ1) is 9.47. The Bertz CT molecular complexity index is 598. The maximum Gasteiger partial charge on any atom is 0.0847 e.